The third kappa shape index (κ3) is 4.91. The smallest absolute Gasteiger partial charge is 0.282 e. The van der Waals surface area contributed by atoms with Gasteiger partial charge in [-0.1, -0.05) is 29.8 Å². The maximum atomic E-state index is 13.4. The molecule has 1 fully saturated rings. The number of anilines is 1. The summed E-state index contributed by atoms with van der Waals surface area (Å²) < 4.78 is 41.4. The Morgan fingerprint density at radius 1 is 1.11 bits per heavy atom. The van der Waals surface area contributed by atoms with Gasteiger partial charge in [0.05, 0.1) is 6.54 Å². The van der Waals surface area contributed by atoms with Gasteiger partial charge in [0, 0.05) is 25.3 Å². The molecule has 0 bridgehead atoms. The summed E-state index contributed by atoms with van der Waals surface area (Å²) in [6.07, 6.45) is 0.604. The van der Waals surface area contributed by atoms with E-state index in [1.54, 1.807) is 24.3 Å². The highest BCUT2D eigenvalue weighted by Crippen LogP contribution is 2.20. The highest BCUT2D eigenvalue weighted by Gasteiger charge is 2.34. The number of rotatable bonds is 5. The Labute approximate surface area is 158 Å². The molecule has 2 aromatic carbocycles. The lowest BCUT2D eigenvalue weighted by molar-refractivity contribution is -0.116. The Balaban J connectivity index is 1.66. The van der Waals surface area contributed by atoms with Gasteiger partial charge in [0.1, 0.15) is 5.82 Å². The van der Waals surface area contributed by atoms with Gasteiger partial charge in [0.15, 0.2) is 0 Å². The van der Waals surface area contributed by atoms with Gasteiger partial charge in [-0.2, -0.15) is 17.0 Å². The molecule has 1 heterocycles. The van der Waals surface area contributed by atoms with Crippen molar-refractivity contribution in [3.63, 3.8) is 0 Å². The number of aryl methyl sites for hydroxylation is 1. The van der Waals surface area contributed by atoms with Crippen LogP contribution in [0.4, 0.5) is 10.1 Å². The SMILES string of the molecule is Cc1ccc(NC(=O)CN2CCCN(Cc3cccc(F)c3)S2(=O)=O)cc1. The Hall–Kier alpha value is -2.29. The molecule has 0 unspecified atom stereocenters. The summed E-state index contributed by atoms with van der Waals surface area (Å²) in [4.78, 5) is 12.3. The van der Waals surface area contributed by atoms with Crippen LogP contribution in [-0.2, 0) is 21.5 Å². The molecule has 1 aliphatic heterocycles. The van der Waals surface area contributed by atoms with E-state index in [-0.39, 0.29) is 19.6 Å². The molecule has 0 aliphatic carbocycles. The van der Waals surface area contributed by atoms with Crippen LogP contribution in [0.5, 0.6) is 0 Å². The van der Waals surface area contributed by atoms with Crippen molar-refractivity contribution < 1.29 is 17.6 Å². The number of hydrogen-bond donors (Lipinski definition) is 1. The second kappa shape index (κ2) is 8.16. The molecule has 3 rings (SSSR count). The Bertz CT molecular complexity index is 916. The lowest BCUT2D eigenvalue weighted by atomic mass is 10.2. The number of nitrogens with one attached hydrogen (secondary N) is 1. The number of nitrogens with zero attached hydrogens (tertiary/aromatic N) is 2. The fourth-order valence-electron chi connectivity index (χ4n) is 2.98. The van der Waals surface area contributed by atoms with E-state index in [0.717, 1.165) is 5.56 Å². The molecule has 27 heavy (non-hydrogen) atoms. The van der Waals surface area contributed by atoms with Gasteiger partial charge in [-0.05, 0) is 43.2 Å². The minimum absolute atomic E-state index is 0.0795. The molecule has 1 N–H and O–H groups in total. The van der Waals surface area contributed by atoms with Crippen LogP contribution in [0.3, 0.4) is 0 Å². The number of carbonyl (C=O) groups excluding carboxylic acids is 1. The first-order valence-electron chi connectivity index (χ1n) is 8.71. The predicted molar refractivity (Wildman–Crippen MR) is 102 cm³/mol. The Morgan fingerprint density at radius 2 is 1.81 bits per heavy atom. The van der Waals surface area contributed by atoms with Crippen LogP contribution in [0, 0.1) is 12.7 Å². The van der Waals surface area contributed by atoms with Crippen LogP contribution in [0.25, 0.3) is 0 Å². The van der Waals surface area contributed by atoms with E-state index in [0.29, 0.717) is 24.2 Å². The Kier molecular flexibility index (Phi) is 5.88. The van der Waals surface area contributed by atoms with Crippen LogP contribution in [0.15, 0.2) is 48.5 Å². The van der Waals surface area contributed by atoms with Crippen molar-refractivity contribution in [3.05, 3.63) is 65.5 Å². The molecule has 8 heteroatoms. The third-order valence-electron chi connectivity index (χ3n) is 4.37. The van der Waals surface area contributed by atoms with E-state index < -0.39 is 21.9 Å². The molecular formula is C19H22FN3O3S. The van der Waals surface area contributed by atoms with Crippen LogP contribution >= 0.6 is 0 Å². The number of amides is 1. The molecule has 0 atom stereocenters. The molecule has 2 aromatic rings. The molecule has 0 saturated carbocycles. The highest BCUT2D eigenvalue weighted by molar-refractivity contribution is 7.86. The van der Waals surface area contributed by atoms with Crippen molar-refractivity contribution in [3.8, 4) is 0 Å². The predicted octanol–water partition coefficient (Wildman–Crippen LogP) is 2.53. The maximum absolute atomic E-state index is 13.4. The molecule has 0 aromatic heterocycles. The summed E-state index contributed by atoms with van der Waals surface area (Å²) in [5, 5.41) is 2.71. The van der Waals surface area contributed by atoms with Crippen molar-refractivity contribution in [2.75, 3.05) is 25.0 Å². The first-order valence-corrected chi connectivity index (χ1v) is 10.1. The van der Waals surface area contributed by atoms with E-state index in [4.69, 9.17) is 0 Å². The summed E-state index contributed by atoms with van der Waals surface area (Å²) in [5.41, 5.74) is 2.26. The van der Waals surface area contributed by atoms with Crippen molar-refractivity contribution in [1.29, 1.82) is 0 Å². The largest absolute Gasteiger partial charge is 0.325 e. The van der Waals surface area contributed by atoms with E-state index in [1.165, 1.54) is 20.7 Å². The van der Waals surface area contributed by atoms with Crippen molar-refractivity contribution in [2.24, 2.45) is 0 Å². The number of benzene rings is 2. The van der Waals surface area contributed by atoms with Crippen LogP contribution < -0.4 is 5.32 Å². The first kappa shape index (κ1) is 19.5. The van der Waals surface area contributed by atoms with Gasteiger partial charge in [0.2, 0.25) is 5.91 Å². The van der Waals surface area contributed by atoms with Gasteiger partial charge in [-0.25, -0.2) is 4.39 Å². The average Bonchev–Trinajstić information content (AvgIpc) is 2.61. The zero-order chi connectivity index (χ0) is 19.4. The van der Waals surface area contributed by atoms with Crippen LogP contribution in [0.2, 0.25) is 0 Å². The van der Waals surface area contributed by atoms with Crippen LogP contribution in [-0.4, -0.2) is 42.6 Å². The maximum Gasteiger partial charge on any atom is 0.282 e. The van der Waals surface area contributed by atoms with Crippen molar-refractivity contribution >= 4 is 21.8 Å². The zero-order valence-electron chi connectivity index (χ0n) is 15.1. The first-order chi connectivity index (χ1) is 12.8. The molecule has 0 spiro atoms. The summed E-state index contributed by atoms with van der Waals surface area (Å²) in [7, 11) is -3.79. The number of hydrogen-bond acceptors (Lipinski definition) is 3. The van der Waals surface area contributed by atoms with E-state index in [1.807, 2.05) is 19.1 Å². The molecular weight excluding hydrogens is 369 g/mol. The third-order valence-corrected chi connectivity index (χ3v) is 6.30. The second-order valence-electron chi connectivity index (χ2n) is 6.57. The quantitative estimate of drug-likeness (QED) is 0.852. The molecule has 144 valence electrons. The minimum Gasteiger partial charge on any atom is -0.325 e. The second-order valence-corrected chi connectivity index (χ2v) is 8.50. The van der Waals surface area contributed by atoms with Gasteiger partial charge in [0.25, 0.3) is 10.2 Å². The average molecular weight is 391 g/mol. The van der Waals surface area contributed by atoms with Crippen molar-refractivity contribution in [2.45, 2.75) is 19.9 Å². The van der Waals surface area contributed by atoms with Gasteiger partial charge in [-0.3, -0.25) is 4.79 Å². The van der Waals surface area contributed by atoms with Gasteiger partial charge in [-0.15, -0.1) is 0 Å². The number of halogens is 1. The molecule has 1 aliphatic rings. The lowest BCUT2D eigenvalue weighted by Crippen LogP contribution is -2.51. The molecule has 1 saturated heterocycles. The van der Waals surface area contributed by atoms with E-state index >= 15 is 0 Å². The lowest BCUT2D eigenvalue weighted by Gasteiger charge is -2.34. The zero-order valence-corrected chi connectivity index (χ0v) is 15.9. The van der Waals surface area contributed by atoms with Crippen LogP contribution in [0.1, 0.15) is 17.5 Å². The topological polar surface area (TPSA) is 69.7 Å². The summed E-state index contributed by atoms with van der Waals surface area (Å²) in [5.74, 6) is -0.800. The molecule has 0 radical (unpaired) electrons. The normalized spacial score (nSPS) is 17.6. The summed E-state index contributed by atoms with van der Waals surface area (Å²) >= 11 is 0. The van der Waals surface area contributed by atoms with Crippen molar-refractivity contribution in [1.82, 2.24) is 8.61 Å². The molecule has 6 nitrogen and oxygen atoms in total. The van der Waals surface area contributed by atoms with E-state index in [2.05, 4.69) is 5.32 Å². The Morgan fingerprint density at radius 3 is 2.52 bits per heavy atom. The summed E-state index contributed by atoms with van der Waals surface area (Å²) in [6.45, 7) is 2.39. The summed E-state index contributed by atoms with van der Waals surface area (Å²) in [6, 6.07) is 13.1. The fraction of sp³-hybridized carbons (Fsp3) is 0.316. The standard InChI is InChI=1S/C19H22FN3O3S/c1-15-6-8-18(9-7-15)21-19(24)14-23-11-3-10-22(27(23,25)26)13-16-4-2-5-17(20)12-16/h2,4-9,12H,3,10-11,13-14H2,1H3,(H,21,24). The monoisotopic (exact) mass is 391 g/mol. The van der Waals surface area contributed by atoms with Gasteiger partial charge < -0.3 is 5.32 Å². The highest BCUT2D eigenvalue weighted by atomic mass is 32.2. The number of carbonyl (C=O) groups is 1. The van der Waals surface area contributed by atoms with E-state index in [9.17, 15) is 17.6 Å². The fourth-order valence-corrected chi connectivity index (χ4v) is 4.61. The van der Waals surface area contributed by atoms with Gasteiger partial charge >= 0.3 is 0 Å². The minimum atomic E-state index is -3.79. The molecule has 1 amide bonds.